The topological polar surface area (TPSA) is 54.1 Å². The van der Waals surface area contributed by atoms with E-state index < -0.39 is 0 Å². The number of hydrogen-bond acceptors (Lipinski definition) is 3. The lowest BCUT2D eigenvalue weighted by molar-refractivity contribution is -0.136. The summed E-state index contributed by atoms with van der Waals surface area (Å²) in [6.07, 6.45) is 8.79. The van der Waals surface area contributed by atoms with E-state index in [0.717, 1.165) is 30.6 Å². The van der Waals surface area contributed by atoms with Crippen LogP contribution in [-0.4, -0.2) is 24.1 Å². The predicted molar refractivity (Wildman–Crippen MR) is 112 cm³/mol. The monoisotopic (exact) mass is 368 g/mol. The van der Waals surface area contributed by atoms with Gasteiger partial charge in [-0.25, -0.2) is 4.79 Å². The smallest absolute Gasteiger partial charge is 0.341 e. The zero-order valence-corrected chi connectivity index (χ0v) is 16.9. The summed E-state index contributed by atoms with van der Waals surface area (Å²) in [7, 11) is 0. The van der Waals surface area contributed by atoms with Gasteiger partial charge in [0.15, 0.2) is 0 Å². The van der Waals surface area contributed by atoms with Crippen LogP contribution in [0.1, 0.15) is 70.6 Å². The molecule has 1 aromatic carbocycles. The first kappa shape index (κ1) is 19.5. The lowest BCUT2D eigenvalue weighted by Gasteiger charge is -2.34. The molecule has 4 heteroatoms. The Kier molecular flexibility index (Phi) is 6.25. The molecule has 0 fully saturated rings. The van der Waals surface area contributed by atoms with Gasteiger partial charge in [0.25, 0.3) is 0 Å². The van der Waals surface area contributed by atoms with Gasteiger partial charge in [-0.05, 0) is 31.4 Å². The molecule has 27 heavy (non-hydrogen) atoms. The molecule has 1 aliphatic heterocycles. The quantitative estimate of drug-likeness (QED) is 0.622. The van der Waals surface area contributed by atoms with E-state index in [4.69, 9.17) is 4.74 Å². The minimum atomic E-state index is -0.264. The SMILES string of the molecule is CCCCC1(CCCC)CNC=C(C(=O)OCC)c2[nH]c3ccccc3c21. The van der Waals surface area contributed by atoms with Crippen molar-refractivity contribution in [1.82, 2.24) is 10.3 Å². The van der Waals surface area contributed by atoms with Crippen LogP contribution < -0.4 is 5.32 Å². The minimum absolute atomic E-state index is 0.0195. The lowest BCUT2D eigenvalue weighted by Crippen LogP contribution is -2.36. The molecular weight excluding hydrogens is 336 g/mol. The van der Waals surface area contributed by atoms with Crippen LogP contribution in [0.5, 0.6) is 0 Å². The first-order valence-electron chi connectivity index (χ1n) is 10.4. The maximum absolute atomic E-state index is 12.7. The number of unbranched alkanes of at least 4 members (excludes halogenated alkanes) is 2. The Balaban J connectivity index is 2.20. The van der Waals surface area contributed by atoms with E-state index >= 15 is 0 Å². The fraction of sp³-hybridized carbons (Fsp3) is 0.522. The van der Waals surface area contributed by atoms with E-state index in [9.17, 15) is 4.79 Å². The van der Waals surface area contributed by atoms with Gasteiger partial charge in [-0.1, -0.05) is 57.7 Å². The standard InChI is InChI=1S/C23H32N2O2/c1-4-7-13-23(14-8-5-2)16-24-15-18(22(26)27-6-3)21-20(23)17-11-9-10-12-19(17)25-21/h9-12,15,24-25H,4-8,13-14,16H2,1-3H3. The number of fused-ring (bicyclic) bond motifs is 3. The number of para-hydroxylation sites is 1. The summed E-state index contributed by atoms with van der Waals surface area (Å²) in [4.78, 5) is 16.2. The first-order valence-corrected chi connectivity index (χ1v) is 10.4. The second kappa shape index (κ2) is 8.64. The molecule has 1 aliphatic rings. The summed E-state index contributed by atoms with van der Waals surface area (Å²) in [6, 6.07) is 8.42. The van der Waals surface area contributed by atoms with E-state index in [2.05, 4.69) is 42.3 Å². The van der Waals surface area contributed by atoms with Crippen molar-refractivity contribution < 1.29 is 9.53 Å². The van der Waals surface area contributed by atoms with E-state index in [0.29, 0.717) is 12.2 Å². The maximum Gasteiger partial charge on any atom is 0.341 e. The summed E-state index contributed by atoms with van der Waals surface area (Å²) in [6.45, 7) is 7.57. The fourth-order valence-corrected chi connectivity index (χ4v) is 4.36. The number of ether oxygens (including phenoxy) is 1. The van der Waals surface area contributed by atoms with Crippen molar-refractivity contribution in [1.29, 1.82) is 0 Å². The number of rotatable bonds is 8. The Hall–Kier alpha value is -2.23. The van der Waals surface area contributed by atoms with Crippen LogP contribution in [0, 0.1) is 0 Å². The number of hydrogen-bond donors (Lipinski definition) is 2. The maximum atomic E-state index is 12.7. The van der Waals surface area contributed by atoms with Crippen molar-refractivity contribution in [2.24, 2.45) is 0 Å². The van der Waals surface area contributed by atoms with Crippen molar-refractivity contribution in [2.45, 2.75) is 64.7 Å². The number of aromatic nitrogens is 1. The van der Waals surface area contributed by atoms with Gasteiger partial charge in [0.05, 0.1) is 17.9 Å². The molecule has 0 saturated carbocycles. The Labute approximate surface area is 162 Å². The van der Waals surface area contributed by atoms with Crippen LogP contribution in [-0.2, 0) is 14.9 Å². The van der Waals surface area contributed by atoms with Gasteiger partial charge < -0.3 is 15.0 Å². The highest BCUT2D eigenvalue weighted by atomic mass is 16.5. The van der Waals surface area contributed by atoms with Crippen molar-refractivity contribution in [3.8, 4) is 0 Å². The molecule has 0 amide bonds. The van der Waals surface area contributed by atoms with Gasteiger partial charge in [0, 0.05) is 29.1 Å². The van der Waals surface area contributed by atoms with Gasteiger partial charge in [-0.3, -0.25) is 0 Å². The Morgan fingerprint density at radius 1 is 1.11 bits per heavy atom. The zero-order chi connectivity index (χ0) is 19.3. The number of carbonyl (C=O) groups is 1. The van der Waals surface area contributed by atoms with Gasteiger partial charge in [-0.15, -0.1) is 0 Å². The molecule has 4 nitrogen and oxygen atoms in total. The minimum Gasteiger partial charge on any atom is -0.462 e. The van der Waals surface area contributed by atoms with E-state index in [1.165, 1.54) is 36.6 Å². The van der Waals surface area contributed by atoms with Gasteiger partial charge in [0.1, 0.15) is 0 Å². The third-order valence-corrected chi connectivity index (χ3v) is 5.71. The molecule has 0 saturated heterocycles. The molecule has 1 aromatic heterocycles. The van der Waals surface area contributed by atoms with E-state index in [-0.39, 0.29) is 11.4 Å². The molecule has 0 spiro atoms. The number of nitrogens with one attached hydrogen (secondary N) is 2. The molecule has 0 unspecified atom stereocenters. The normalized spacial score (nSPS) is 15.6. The molecule has 0 bridgehead atoms. The van der Waals surface area contributed by atoms with Crippen LogP contribution in [0.2, 0.25) is 0 Å². The highest BCUT2D eigenvalue weighted by Crippen LogP contribution is 2.44. The van der Waals surface area contributed by atoms with E-state index in [1.807, 2.05) is 19.2 Å². The number of benzene rings is 1. The van der Waals surface area contributed by atoms with Crippen LogP contribution in [0.4, 0.5) is 0 Å². The van der Waals surface area contributed by atoms with Crippen molar-refractivity contribution in [2.75, 3.05) is 13.2 Å². The second-order valence-corrected chi connectivity index (χ2v) is 7.57. The summed E-state index contributed by atoms with van der Waals surface area (Å²) in [5, 5.41) is 4.70. The predicted octanol–water partition coefficient (Wildman–Crippen LogP) is 5.29. The number of aromatic amines is 1. The number of H-pyrrole nitrogens is 1. The third-order valence-electron chi connectivity index (χ3n) is 5.71. The molecule has 3 rings (SSSR count). The van der Waals surface area contributed by atoms with E-state index in [1.54, 1.807) is 0 Å². The van der Waals surface area contributed by atoms with Crippen molar-refractivity contribution >= 4 is 22.4 Å². The lowest BCUT2D eigenvalue weighted by atomic mass is 9.71. The molecule has 2 heterocycles. The van der Waals surface area contributed by atoms with Crippen LogP contribution in [0.3, 0.4) is 0 Å². The Morgan fingerprint density at radius 2 is 1.81 bits per heavy atom. The summed E-state index contributed by atoms with van der Waals surface area (Å²) in [5.74, 6) is -0.264. The highest BCUT2D eigenvalue weighted by molar-refractivity contribution is 6.17. The number of esters is 1. The Bertz CT molecular complexity index is 811. The average Bonchev–Trinajstić information content (AvgIpc) is 2.99. The Morgan fingerprint density at radius 3 is 2.48 bits per heavy atom. The molecule has 0 aliphatic carbocycles. The molecule has 2 aromatic rings. The van der Waals surface area contributed by atoms with Crippen LogP contribution in [0.15, 0.2) is 30.5 Å². The fourth-order valence-electron chi connectivity index (χ4n) is 4.36. The van der Waals surface area contributed by atoms with Crippen LogP contribution >= 0.6 is 0 Å². The summed E-state index contributed by atoms with van der Waals surface area (Å²) >= 11 is 0. The van der Waals surface area contributed by atoms with Crippen molar-refractivity contribution in [3.05, 3.63) is 41.7 Å². The van der Waals surface area contributed by atoms with Gasteiger partial charge in [-0.2, -0.15) is 0 Å². The largest absolute Gasteiger partial charge is 0.462 e. The molecule has 0 atom stereocenters. The van der Waals surface area contributed by atoms with Crippen molar-refractivity contribution in [3.63, 3.8) is 0 Å². The molecule has 0 radical (unpaired) electrons. The molecule has 146 valence electrons. The first-order chi connectivity index (χ1) is 13.2. The number of carbonyl (C=O) groups excluding carboxylic acids is 1. The average molecular weight is 369 g/mol. The van der Waals surface area contributed by atoms with Gasteiger partial charge >= 0.3 is 5.97 Å². The summed E-state index contributed by atoms with van der Waals surface area (Å²) in [5.41, 5.74) is 3.96. The third kappa shape index (κ3) is 3.76. The van der Waals surface area contributed by atoms with Crippen LogP contribution in [0.25, 0.3) is 16.5 Å². The molecule has 2 N–H and O–H groups in total. The zero-order valence-electron chi connectivity index (χ0n) is 16.9. The highest BCUT2D eigenvalue weighted by Gasteiger charge is 2.39. The summed E-state index contributed by atoms with van der Waals surface area (Å²) < 4.78 is 5.35. The van der Waals surface area contributed by atoms with Gasteiger partial charge in [0.2, 0.25) is 0 Å². The second-order valence-electron chi connectivity index (χ2n) is 7.57. The molecular formula is C23H32N2O2.